The molecule has 1 unspecified atom stereocenters. The number of thiazole rings is 1. The number of aliphatic hydroxyl groups is 1. The quantitative estimate of drug-likeness (QED) is 0.825. The van der Waals surface area contributed by atoms with E-state index in [-0.39, 0.29) is 6.61 Å². The summed E-state index contributed by atoms with van der Waals surface area (Å²) in [7, 11) is 0. The molecule has 0 bridgehead atoms. The molecule has 1 heterocycles. The van der Waals surface area contributed by atoms with Crippen molar-refractivity contribution < 1.29 is 9.84 Å². The fourth-order valence-electron chi connectivity index (χ4n) is 2.12. The third kappa shape index (κ3) is 5.46. The van der Waals surface area contributed by atoms with Gasteiger partial charge in [0.15, 0.2) is 0 Å². The van der Waals surface area contributed by atoms with E-state index in [2.05, 4.69) is 16.4 Å². The van der Waals surface area contributed by atoms with Crippen LogP contribution in [0.4, 0.5) is 0 Å². The summed E-state index contributed by atoms with van der Waals surface area (Å²) >= 11 is 1.64. The Morgan fingerprint density at radius 1 is 1.24 bits per heavy atom. The first kappa shape index (κ1) is 15.9. The standard InChI is InChI=1S/C16H22N2O2S/c1-11-4-12(2)6-16(5-11)20-9-15(19)8-17-7-14-10-21-13(3)18-14/h4-6,10,15,17,19H,7-9H2,1-3H3. The number of rotatable bonds is 7. The van der Waals surface area contributed by atoms with E-state index in [1.165, 1.54) is 0 Å². The van der Waals surface area contributed by atoms with Gasteiger partial charge in [-0.05, 0) is 44.0 Å². The molecule has 2 rings (SSSR count). The lowest BCUT2D eigenvalue weighted by Crippen LogP contribution is -2.31. The van der Waals surface area contributed by atoms with Crippen LogP contribution >= 0.6 is 11.3 Å². The topological polar surface area (TPSA) is 54.4 Å². The van der Waals surface area contributed by atoms with Crippen LogP contribution in [-0.4, -0.2) is 29.3 Å². The maximum atomic E-state index is 9.93. The molecule has 21 heavy (non-hydrogen) atoms. The van der Waals surface area contributed by atoms with Gasteiger partial charge in [-0.25, -0.2) is 4.98 Å². The number of ether oxygens (including phenoxy) is 1. The largest absolute Gasteiger partial charge is 0.491 e. The zero-order valence-corrected chi connectivity index (χ0v) is 13.5. The van der Waals surface area contributed by atoms with Gasteiger partial charge in [0.05, 0.1) is 10.7 Å². The van der Waals surface area contributed by atoms with Gasteiger partial charge in [0.2, 0.25) is 0 Å². The van der Waals surface area contributed by atoms with E-state index >= 15 is 0 Å². The third-order valence-corrected chi connectivity index (χ3v) is 3.81. The summed E-state index contributed by atoms with van der Waals surface area (Å²) in [6.45, 7) is 7.50. The zero-order chi connectivity index (χ0) is 15.2. The first-order chi connectivity index (χ1) is 10.0. The molecule has 0 aliphatic rings. The Hall–Kier alpha value is -1.43. The monoisotopic (exact) mass is 306 g/mol. The average molecular weight is 306 g/mol. The van der Waals surface area contributed by atoms with E-state index in [1.807, 2.05) is 38.3 Å². The lowest BCUT2D eigenvalue weighted by molar-refractivity contribution is 0.106. The van der Waals surface area contributed by atoms with Crippen LogP contribution in [-0.2, 0) is 6.54 Å². The van der Waals surface area contributed by atoms with Crippen molar-refractivity contribution in [2.24, 2.45) is 0 Å². The number of hydrogen-bond donors (Lipinski definition) is 2. The summed E-state index contributed by atoms with van der Waals surface area (Å²) < 4.78 is 5.63. The predicted octanol–water partition coefficient (Wildman–Crippen LogP) is 2.60. The summed E-state index contributed by atoms with van der Waals surface area (Å²) in [4.78, 5) is 4.36. The Bertz CT molecular complexity index is 563. The first-order valence-electron chi connectivity index (χ1n) is 7.04. The Kier molecular flexibility index (Phi) is 5.73. The molecule has 4 nitrogen and oxygen atoms in total. The minimum Gasteiger partial charge on any atom is -0.491 e. The highest BCUT2D eigenvalue weighted by molar-refractivity contribution is 7.09. The van der Waals surface area contributed by atoms with Crippen LogP contribution in [0.1, 0.15) is 21.8 Å². The van der Waals surface area contributed by atoms with Crippen molar-refractivity contribution >= 4 is 11.3 Å². The molecule has 0 radical (unpaired) electrons. The summed E-state index contributed by atoms with van der Waals surface area (Å²) in [5, 5.41) is 16.2. The number of hydrogen-bond acceptors (Lipinski definition) is 5. The molecule has 114 valence electrons. The Balaban J connectivity index is 1.70. The van der Waals surface area contributed by atoms with Gasteiger partial charge >= 0.3 is 0 Å². The summed E-state index contributed by atoms with van der Waals surface area (Å²) in [5.74, 6) is 0.807. The van der Waals surface area contributed by atoms with Gasteiger partial charge < -0.3 is 15.2 Å². The van der Waals surface area contributed by atoms with Gasteiger partial charge in [0.1, 0.15) is 18.5 Å². The van der Waals surface area contributed by atoms with E-state index in [9.17, 15) is 5.11 Å². The lowest BCUT2D eigenvalue weighted by atomic mass is 10.1. The second-order valence-electron chi connectivity index (χ2n) is 5.28. The van der Waals surface area contributed by atoms with Crippen molar-refractivity contribution in [3.05, 3.63) is 45.4 Å². The van der Waals surface area contributed by atoms with Crippen LogP contribution in [0.5, 0.6) is 5.75 Å². The van der Waals surface area contributed by atoms with E-state index in [4.69, 9.17) is 4.74 Å². The second kappa shape index (κ2) is 7.54. The fourth-order valence-corrected chi connectivity index (χ4v) is 2.74. The molecule has 2 N–H and O–H groups in total. The molecule has 1 aromatic heterocycles. The number of aliphatic hydroxyl groups excluding tert-OH is 1. The number of aromatic nitrogens is 1. The van der Waals surface area contributed by atoms with Crippen molar-refractivity contribution in [2.45, 2.75) is 33.4 Å². The second-order valence-corrected chi connectivity index (χ2v) is 6.34. The number of benzene rings is 1. The lowest BCUT2D eigenvalue weighted by Gasteiger charge is -2.13. The van der Waals surface area contributed by atoms with Gasteiger partial charge in [-0.1, -0.05) is 6.07 Å². The SMILES string of the molecule is Cc1cc(C)cc(OCC(O)CNCc2csc(C)n2)c1. The van der Waals surface area contributed by atoms with E-state index in [1.54, 1.807) is 11.3 Å². The van der Waals surface area contributed by atoms with Crippen molar-refractivity contribution in [1.82, 2.24) is 10.3 Å². The maximum Gasteiger partial charge on any atom is 0.119 e. The smallest absolute Gasteiger partial charge is 0.119 e. The van der Waals surface area contributed by atoms with E-state index < -0.39 is 6.10 Å². The highest BCUT2D eigenvalue weighted by Crippen LogP contribution is 2.16. The van der Waals surface area contributed by atoms with Gasteiger partial charge in [-0.15, -0.1) is 11.3 Å². The molecule has 0 amide bonds. The average Bonchev–Trinajstić information content (AvgIpc) is 2.81. The first-order valence-corrected chi connectivity index (χ1v) is 7.92. The number of aryl methyl sites for hydroxylation is 3. The molecule has 0 fully saturated rings. The summed E-state index contributed by atoms with van der Waals surface area (Å²) in [6.07, 6.45) is -0.537. The Morgan fingerprint density at radius 3 is 2.57 bits per heavy atom. The molecular weight excluding hydrogens is 284 g/mol. The Labute approximate surface area is 129 Å². The molecule has 0 spiro atoms. The van der Waals surface area contributed by atoms with Crippen molar-refractivity contribution in [2.75, 3.05) is 13.2 Å². The van der Waals surface area contributed by atoms with Crippen LogP contribution in [0.25, 0.3) is 0 Å². The summed E-state index contributed by atoms with van der Waals surface area (Å²) in [6, 6.07) is 6.05. The molecule has 0 saturated heterocycles. The molecule has 0 saturated carbocycles. The fraction of sp³-hybridized carbons (Fsp3) is 0.438. The number of nitrogens with one attached hydrogen (secondary N) is 1. The van der Waals surface area contributed by atoms with Gasteiger partial charge in [0, 0.05) is 18.5 Å². The molecular formula is C16H22N2O2S. The van der Waals surface area contributed by atoms with Crippen LogP contribution in [0.3, 0.4) is 0 Å². The minimum absolute atomic E-state index is 0.284. The molecule has 1 aromatic carbocycles. The van der Waals surface area contributed by atoms with Crippen LogP contribution in [0, 0.1) is 20.8 Å². The van der Waals surface area contributed by atoms with Gasteiger partial charge in [-0.2, -0.15) is 0 Å². The molecule has 5 heteroatoms. The highest BCUT2D eigenvalue weighted by Gasteiger charge is 2.06. The highest BCUT2D eigenvalue weighted by atomic mass is 32.1. The third-order valence-electron chi connectivity index (χ3n) is 2.99. The summed E-state index contributed by atoms with van der Waals surface area (Å²) in [5.41, 5.74) is 3.34. The van der Waals surface area contributed by atoms with E-state index in [0.717, 1.165) is 27.6 Å². The van der Waals surface area contributed by atoms with Gasteiger partial charge in [0.25, 0.3) is 0 Å². The molecule has 0 aliphatic carbocycles. The molecule has 2 aromatic rings. The minimum atomic E-state index is -0.537. The molecule has 0 aliphatic heterocycles. The van der Waals surface area contributed by atoms with Crippen LogP contribution in [0.2, 0.25) is 0 Å². The van der Waals surface area contributed by atoms with Gasteiger partial charge in [-0.3, -0.25) is 0 Å². The van der Waals surface area contributed by atoms with Crippen LogP contribution < -0.4 is 10.1 Å². The normalized spacial score (nSPS) is 12.4. The predicted molar refractivity (Wildman–Crippen MR) is 86.0 cm³/mol. The molecule has 1 atom stereocenters. The zero-order valence-electron chi connectivity index (χ0n) is 12.7. The number of nitrogens with zero attached hydrogens (tertiary/aromatic N) is 1. The van der Waals surface area contributed by atoms with Crippen molar-refractivity contribution in [3.8, 4) is 5.75 Å². The van der Waals surface area contributed by atoms with Crippen molar-refractivity contribution in [1.29, 1.82) is 0 Å². The van der Waals surface area contributed by atoms with Crippen LogP contribution in [0.15, 0.2) is 23.6 Å². The Morgan fingerprint density at radius 2 is 1.95 bits per heavy atom. The van der Waals surface area contributed by atoms with E-state index in [0.29, 0.717) is 13.1 Å². The maximum absolute atomic E-state index is 9.93. The van der Waals surface area contributed by atoms with Crippen molar-refractivity contribution in [3.63, 3.8) is 0 Å².